The number of nitrogens with zero attached hydrogens (tertiary/aromatic N) is 2. The molecule has 4 heteroatoms. The Morgan fingerprint density at radius 2 is 1.91 bits per heavy atom. The summed E-state index contributed by atoms with van der Waals surface area (Å²) in [5, 5.41) is 9.91. The monoisotopic (exact) mass is 332 g/mol. The molecule has 0 aliphatic heterocycles. The van der Waals surface area contributed by atoms with E-state index in [1.807, 2.05) is 13.8 Å². The predicted octanol–water partition coefficient (Wildman–Crippen LogP) is 4.61. The highest BCUT2D eigenvalue weighted by molar-refractivity contribution is 7.99. The van der Waals surface area contributed by atoms with Crippen molar-refractivity contribution in [1.82, 2.24) is 9.55 Å². The summed E-state index contributed by atoms with van der Waals surface area (Å²) in [5.41, 5.74) is 1.72. The second kappa shape index (κ2) is 5.82. The van der Waals surface area contributed by atoms with Gasteiger partial charge in [0.25, 0.3) is 0 Å². The van der Waals surface area contributed by atoms with Crippen LogP contribution in [0.4, 0.5) is 0 Å². The molecule has 0 radical (unpaired) electrons. The standard InChI is InChI=1S/C19H28N2OS/c1-18(2,3)17-20-15-10-14(23-12-19(4,5)22)8-9-16(15)21(17)11-13-6-7-13/h8-10,13,22H,6-7,11-12H2,1-5H3. The fraction of sp³-hybridized carbons (Fsp3) is 0.632. The number of thioether (sulfide) groups is 1. The summed E-state index contributed by atoms with van der Waals surface area (Å²) in [7, 11) is 0. The van der Waals surface area contributed by atoms with Crippen molar-refractivity contribution in [3.05, 3.63) is 24.0 Å². The molecule has 1 aliphatic carbocycles. The minimum absolute atomic E-state index is 0.0499. The summed E-state index contributed by atoms with van der Waals surface area (Å²) in [5.74, 6) is 2.70. The molecule has 1 aliphatic rings. The van der Waals surface area contributed by atoms with E-state index in [9.17, 15) is 5.11 Å². The van der Waals surface area contributed by atoms with Crippen LogP contribution in [0.3, 0.4) is 0 Å². The van der Waals surface area contributed by atoms with Crippen molar-refractivity contribution in [2.24, 2.45) is 5.92 Å². The predicted molar refractivity (Wildman–Crippen MR) is 98.2 cm³/mol. The molecule has 126 valence electrons. The summed E-state index contributed by atoms with van der Waals surface area (Å²) in [6, 6.07) is 6.54. The zero-order valence-corrected chi connectivity index (χ0v) is 15.7. The van der Waals surface area contributed by atoms with Gasteiger partial charge in [-0.2, -0.15) is 0 Å². The van der Waals surface area contributed by atoms with Crippen molar-refractivity contribution in [1.29, 1.82) is 0 Å². The van der Waals surface area contributed by atoms with E-state index < -0.39 is 5.60 Å². The van der Waals surface area contributed by atoms with Crippen LogP contribution < -0.4 is 0 Å². The summed E-state index contributed by atoms with van der Waals surface area (Å²) in [6.07, 6.45) is 2.70. The molecule has 3 rings (SSSR count). The first kappa shape index (κ1) is 16.8. The number of hydrogen-bond acceptors (Lipinski definition) is 3. The lowest BCUT2D eigenvalue weighted by molar-refractivity contribution is 0.107. The number of fused-ring (bicyclic) bond motifs is 1. The van der Waals surface area contributed by atoms with Crippen LogP contribution in [0.1, 0.15) is 53.3 Å². The average molecular weight is 333 g/mol. The second-order valence-electron chi connectivity index (χ2n) is 8.49. The highest BCUT2D eigenvalue weighted by atomic mass is 32.2. The zero-order chi connectivity index (χ0) is 16.8. The Hall–Kier alpha value is -1.00. The van der Waals surface area contributed by atoms with E-state index in [-0.39, 0.29) is 5.41 Å². The molecule has 1 aromatic heterocycles. The van der Waals surface area contributed by atoms with E-state index in [1.54, 1.807) is 11.8 Å². The van der Waals surface area contributed by atoms with Crippen molar-refractivity contribution in [3.63, 3.8) is 0 Å². The topological polar surface area (TPSA) is 38.1 Å². The van der Waals surface area contributed by atoms with Gasteiger partial charge in [0, 0.05) is 22.6 Å². The van der Waals surface area contributed by atoms with E-state index in [0.29, 0.717) is 5.75 Å². The maximum Gasteiger partial charge on any atom is 0.115 e. The van der Waals surface area contributed by atoms with E-state index in [4.69, 9.17) is 4.98 Å². The van der Waals surface area contributed by atoms with Crippen molar-refractivity contribution in [2.75, 3.05) is 5.75 Å². The molecule has 1 saturated carbocycles. The number of aliphatic hydroxyl groups is 1. The van der Waals surface area contributed by atoms with Crippen LogP contribution in [0.15, 0.2) is 23.1 Å². The Morgan fingerprint density at radius 1 is 1.22 bits per heavy atom. The van der Waals surface area contributed by atoms with Crippen molar-refractivity contribution in [2.45, 2.75) is 69.9 Å². The van der Waals surface area contributed by atoms with Gasteiger partial charge in [0.15, 0.2) is 0 Å². The Morgan fingerprint density at radius 3 is 2.48 bits per heavy atom. The van der Waals surface area contributed by atoms with Gasteiger partial charge in [-0.15, -0.1) is 11.8 Å². The zero-order valence-electron chi connectivity index (χ0n) is 14.9. The van der Waals surface area contributed by atoms with Crippen LogP contribution in [-0.4, -0.2) is 26.0 Å². The van der Waals surface area contributed by atoms with Gasteiger partial charge in [0.1, 0.15) is 5.82 Å². The summed E-state index contributed by atoms with van der Waals surface area (Å²) in [4.78, 5) is 6.13. The van der Waals surface area contributed by atoms with E-state index in [2.05, 4.69) is 43.5 Å². The van der Waals surface area contributed by atoms with Gasteiger partial charge >= 0.3 is 0 Å². The largest absolute Gasteiger partial charge is 0.390 e. The molecule has 0 bridgehead atoms. The Labute approximate surface area is 143 Å². The van der Waals surface area contributed by atoms with Crippen LogP contribution in [0.5, 0.6) is 0 Å². The lowest BCUT2D eigenvalue weighted by atomic mass is 9.95. The maximum absolute atomic E-state index is 9.91. The molecule has 1 aromatic carbocycles. The van der Waals surface area contributed by atoms with Gasteiger partial charge in [0.05, 0.1) is 16.6 Å². The molecule has 0 unspecified atom stereocenters. The Bertz CT molecular complexity index is 702. The summed E-state index contributed by atoms with van der Waals surface area (Å²) < 4.78 is 2.43. The lowest BCUT2D eigenvalue weighted by Gasteiger charge is -2.20. The van der Waals surface area contributed by atoms with Gasteiger partial charge in [-0.1, -0.05) is 20.8 Å². The molecule has 1 fully saturated rings. The average Bonchev–Trinajstić information content (AvgIpc) is 3.15. The number of imidazole rings is 1. The van der Waals surface area contributed by atoms with E-state index >= 15 is 0 Å². The molecular formula is C19H28N2OS. The third-order valence-corrected chi connectivity index (χ3v) is 5.56. The fourth-order valence-corrected chi connectivity index (χ4v) is 3.65. The highest BCUT2D eigenvalue weighted by Crippen LogP contribution is 2.35. The SMILES string of the molecule is CC(C)(O)CSc1ccc2c(c1)nc(C(C)(C)C)n2CC1CC1. The van der Waals surface area contributed by atoms with Gasteiger partial charge in [-0.3, -0.25) is 0 Å². The van der Waals surface area contributed by atoms with Crippen LogP contribution in [0.2, 0.25) is 0 Å². The third-order valence-electron chi connectivity index (χ3n) is 4.12. The minimum atomic E-state index is -0.651. The van der Waals surface area contributed by atoms with Crippen LogP contribution in [-0.2, 0) is 12.0 Å². The first-order valence-electron chi connectivity index (χ1n) is 8.49. The third kappa shape index (κ3) is 4.10. The number of benzene rings is 1. The van der Waals surface area contributed by atoms with Gasteiger partial charge in [-0.25, -0.2) is 4.98 Å². The first-order valence-corrected chi connectivity index (χ1v) is 9.48. The molecule has 0 amide bonds. The fourth-order valence-electron chi connectivity index (χ4n) is 2.78. The molecule has 3 nitrogen and oxygen atoms in total. The maximum atomic E-state index is 9.91. The molecule has 1 N–H and O–H groups in total. The normalized spacial score (nSPS) is 16.3. The van der Waals surface area contributed by atoms with E-state index in [1.165, 1.54) is 29.1 Å². The smallest absolute Gasteiger partial charge is 0.115 e. The highest BCUT2D eigenvalue weighted by Gasteiger charge is 2.28. The molecule has 0 spiro atoms. The molecule has 1 heterocycles. The van der Waals surface area contributed by atoms with Crippen molar-refractivity contribution >= 4 is 22.8 Å². The van der Waals surface area contributed by atoms with Crippen molar-refractivity contribution in [3.8, 4) is 0 Å². The van der Waals surface area contributed by atoms with Crippen LogP contribution in [0.25, 0.3) is 11.0 Å². The molecule has 0 saturated heterocycles. The Balaban J connectivity index is 1.96. The second-order valence-corrected chi connectivity index (χ2v) is 9.54. The summed E-state index contributed by atoms with van der Waals surface area (Å²) >= 11 is 1.69. The first-order chi connectivity index (χ1) is 10.6. The molecule has 23 heavy (non-hydrogen) atoms. The van der Waals surface area contributed by atoms with E-state index in [0.717, 1.165) is 18.0 Å². The van der Waals surface area contributed by atoms with Gasteiger partial charge < -0.3 is 9.67 Å². The van der Waals surface area contributed by atoms with Gasteiger partial charge in [0.2, 0.25) is 0 Å². The quantitative estimate of drug-likeness (QED) is 0.813. The number of rotatable bonds is 5. The molecule has 2 aromatic rings. The van der Waals surface area contributed by atoms with Crippen LogP contribution in [0, 0.1) is 5.92 Å². The van der Waals surface area contributed by atoms with Gasteiger partial charge in [-0.05, 0) is 50.8 Å². The molecule has 0 atom stereocenters. The number of hydrogen-bond donors (Lipinski definition) is 1. The summed E-state index contributed by atoms with van der Waals surface area (Å²) in [6.45, 7) is 11.5. The Kier molecular flexibility index (Phi) is 4.26. The van der Waals surface area contributed by atoms with Crippen LogP contribution >= 0.6 is 11.8 Å². The van der Waals surface area contributed by atoms with Crippen molar-refractivity contribution < 1.29 is 5.11 Å². The molecular weight excluding hydrogens is 304 g/mol. The number of aromatic nitrogens is 2. The lowest BCUT2D eigenvalue weighted by Crippen LogP contribution is -2.21. The minimum Gasteiger partial charge on any atom is -0.390 e.